The van der Waals surface area contributed by atoms with Gasteiger partial charge in [0, 0.05) is 23.3 Å². The highest BCUT2D eigenvalue weighted by molar-refractivity contribution is 7.97. The molecular formula is C39H27ClF3N2O7PS. The van der Waals surface area contributed by atoms with Crippen LogP contribution in [0.5, 0.6) is 0 Å². The van der Waals surface area contributed by atoms with Crippen LogP contribution >= 0.6 is 18.5 Å². The first-order valence-corrected chi connectivity index (χ1v) is 19.5. The Kier molecular flexibility index (Phi) is 10.5. The van der Waals surface area contributed by atoms with Gasteiger partial charge in [-0.25, -0.2) is 26.4 Å². The predicted octanol–water partition coefficient (Wildman–Crippen LogP) is 6.81. The number of benzene rings is 5. The number of carbonyl (C=O) groups excluding carboxylic acids is 2. The summed E-state index contributed by atoms with van der Waals surface area (Å²) in [5, 5.41) is 12.3. The van der Waals surface area contributed by atoms with Gasteiger partial charge in [0.2, 0.25) is 0 Å². The Labute approximate surface area is 312 Å². The number of rotatable bonds is 9. The second kappa shape index (κ2) is 14.9. The summed E-state index contributed by atoms with van der Waals surface area (Å²) < 4.78 is 78.9. The van der Waals surface area contributed by atoms with Crippen molar-refractivity contribution in [1.29, 1.82) is 0 Å². The summed E-state index contributed by atoms with van der Waals surface area (Å²) in [4.78, 5) is 39.2. The second-order valence-electron chi connectivity index (χ2n) is 11.9. The Morgan fingerprint density at radius 1 is 0.815 bits per heavy atom. The normalized spacial score (nSPS) is 13.6. The minimum atomic E-state index is -4.89. The van der Waals surface area contributed by atoms with Crippen molar-refractivity contribution in [3.8, 4) is 0 Å². The molecule has 0 aliphatic carbocycles. The maximum atomic E-state index is 15.5. The largest absolute Gasteiger partial charge is 0.466 e. The molecule has 15 heteroatoms. The number of allylic oxidation sites excluding steroid dienone is 1. The van der Waals surface area contributed by atoms with E-state index in [-0.39, 0.29) is 42.3 Å². The van der Waals surface area contributed by atoms with E-state index < -0.39 is 62.5 Å². The number of ether oxygens (including phenoxy) is 1. The summed E-state index contributed by atoms with van der Waals surface area (Å²) in [6.45, 7) is -2.18. The second-order valence-corrected chi connectivity index (χ2v) is 17.4. The van der Waals surface area contributed by atoms with Crippen LogP contribution in [-0.2, 0) is 24.3 Å². The van der Waals surface area contributed by atoms with Crippen molar-refractivity contribution in [1.82, 2.24) is 4.31 Å². The lowest BCUT2D eigenvalue weighted by Crippen LogP contribution is -2.39. The van der Waals surface area contributed by atoms with E-state index in [9.17, 15) is 36.5 Å². The van der Waals surface area contributed by atoms with Crippen LogP contribution in [0.4, 0.5) is 18.9 Å². The molecule has 1 amide bonds. The van der Waals surface area contributed by atoms with Crippen LogP contribution < -0.4 is 15.9 Å². The molecule has 54 heavy (non-hydrogen) atoms. The van der Waals surface area contributed by atoms with Crippen molar-refractivity contribution in [2.45, 2.75) is 11.8 Å². The van der Waals surface area contributed by atoms with Crippen molar-refractivity contribution < 1.29 is 40.8 Å². The zero-order valence-corrected chi connectivity index (χ0v) is 30.7. The fraction of sp³-hybridized carbons (Fsp3) is 0.0513. The van der Waals surface area contributed by atoms with Crippen LogP contribution in [0.15, 0.2) is 138 Å². The van der Waals surface area contributed by atoms with Crippen molar-refractivity contribution in [2.75, 3.05) is 7.11 Å². The number of nitro benzene ring substituents is 1. The van der Waals surface area contributed by atoms with Crippen LogP contribution in [0.3, 0.4) is 0 Å². The van der Waals surface area contributed by atoms with Gasteiger partial charge in [0.25, 0.3) is 21.6 Å². The van der Waals surface area contributed by atoms with Crippen LogP contribution in [0, 0.1) is 34.5 Å². The molecule has 0 N–H and O–H groups in total. The molecule has 0 saturated carbocycles. The monoisotopic (exact) mass is 790 g/mol. The summed E-state index contributed by atoms with van der Waals surface area (Å²) in [6, 6.07) is 24.0. The van der Waals surface area contributed by atoms with E-state index >= 15 is 4.79 Å². The summed E-state index contributed by atoms with van der Waals surface area (Å²) in [5.74, 6) is -4.03. The molecule has 9 nitrogen and oxygen atoms in total. The summed E-state index contributed by atoms with van der Waals surface area (Å²) in [5.41, 5.74) is -0.683. The standard InChI is InChI=1S/C39H27ClF3N2O7PS/c1-24-3-18-32(19-4-24)54(50,51)44-37(25-5-21-34(40)35(23-25)45(48)49)33(20-22-36(46)52-2)38(39(44)47)53(29-12-6-26(41)7-13-29,30-14-8-27(42)9-15-30)31-16-10-28(43)11-17-31/h3-23H,1-2H3/b22-20+. The third-order valence-electron chi connectivity index (χ3n) is 8.64. The maximum absolute atomic E-state index is 15.5. The van der Waals surface area contributed by atoms with E-state index in [1.807, 2.05) is 0 Å². The van der Waals surface area contributed by atoms with Gasteiger partial charge in [-0.3, -0.25) is 14.9 Å². The number of hydrogen-bond acceptors (Lipinski definition) is 7. The van der Waals surface area contributed by atoms with Crippen molar-refractivity contribution in [2.24, 2.45) is 0 Å². The molecule has 0 spiro atoms. The SMILES string of the molecule is COC(=O)/C=C/C1=C(c2ccc(Cl)c([N+](=O)[O-])c2)N(S(=O)(=O)c2ccc(C)cc2)C(=O)C1=P(c1ccc(F)cc1)(c1ccc(F)cc1)c1ccc(F)cc1. The van der Waals surface area contributed by atoms with Gasteiger partial charge in [0.15, 0.2) is 0 Å². The molecule has 274 valence electrons. The summed E-state index contributed by atoms with van der Waals surface area (Å²) >= 11 is 6.18. The van der Waals surface area contributed by atoms with Crippen LogP contribution in [0.25, 0.3) is 5.70 Å². The first kappa shape index (κ1) is 38.0. The highest BCUT2D eigenvalue weighted by atomic mass is 35.5. The quantitative estimate of drug-likeness (QED) is 0.0529. The molecule has 0 saturated heterocycles. The van der Waals surface area contributed by atoms with Gasteiger partial charge in [-0.2, -0.15) is 4.31 Å². The number of amides is 1. The first-order chi connectivity index (χ1) is 25.7. The molecule has 6 rings (SSSR count). The van der Waals surface area contributed by atoms with Crippen LogP contribution in [0.1, 0.15) is 11.1 Å². The average molecular weight is 791 g/mol. The zero-order chi connectivity index (χ0) is 38.9. The molecule has 0 unspecified atom stereocenters. The fourth-order valence-electron chi connectivity index (χ4n) is 6.18. The molecule has 5 aromatic carbocycles. The average Bonchev–Trinajstić information content (AvgIpc) is 3.45. The van der Waals surface area contributed by atoms with E-state index in [4.69, 9.17) is 16.3 Å². The molecule has 0 atom stereocenters. The number of carbonyl (C=O) groups is 2. The van der Waals surface area contributed by atoms with Crippen LogP contribution in [0.2, 0.25) is 5.02 Å². The van der Waals surface area contributed by atoms with E-state index in [0.717, 1.165) is 67.8 Å². The Morgan fingerprint density at radius 2 is 1.30 bits per heavy atom. The van der Waals surface area contributed by atoms with E-state index in [2.05, 4.69) is 0 Å². The highest BCUT2D eigenvalue weighted by Gasteiger charge is 2.48. The minimum absolute atomic E-state index is 0.162. The fourth-order valence-corrected chi connectivity index (χ4v) is 12.3. The van der Waals surface area contributed by atoms with E-state index in [0.29, 0.717) is 9.87 Å². The lowest BCUT2D eigenvalue weighted by atomic mass is 10.1. The number of sulfonamides is 1. The third kappa shape index (κ3) is 6.77. The smallest absolute Gasteiger partial charge is 0.330 e. The molecule has 1 aliphatic rings. The molecule has 1 aliphatic heterocycles. The molecule has 0 bridgehead atoms. The van der Waals surface area contributed by atoms with Gasteiger partial charge < -0.3 is 4.74 Å². The van der Waals surface area contributed by atoms with E-state index in [1.54, 1.807) is 6.92 Å². The lowest BCUT2D eigenvalue weighted by Gasteiger charge is -2.31. The van der Waals surface area contributed by atoms with Crippen molar-refractivity contribution in [3.63, 3.8) is 0 Å². The van der Waals surface area contributed by atoms with Gasteiger partial charge in [-0.05, 0) is 90.4 Å². The molecule has 0 radical (unpaired) electrons. The Balaban J connectivity index is 1.94. The number of hydrogen-bond donors (Lipinski definition) is 0. The Morgan fingerprint density at radius 3 is 1.74 bits per heavy atom. The number of methoxy groups -OCH3 is 1. The number of esters is 1. The number of halogens is 4. The molecule has 0 aromatic heterocycles. The zero-order valence-electron chi connectivity index (χ0n) is 28.2. The molecular weight excluding hydrogens is 764 g/mol. The molecule has 0 fully saturated rings. The lowest BCUT2D eigenvalue weighted by molar-refractivity contribution is -0.384. The number of nitrogens with zero attached hydrogens (tertiary/aromatic N) is 2. The highest BCUT2D eigenvalue weighted by Crippen LogP contribution is 2.53. The third-order valence-corrected chi connectivity index (χ3v) is 15.0. The van der Waals surface area contributed by atoms with Gasteiger partial charge >= 0.3 is 5.97 Å². The van der Waals surface area contributed by atoms with Gasteiger partial charge in [0.05, 0.1) is 27.9 Å². The van der Waals surface area contributed by atoms with Gasteiger partial charge in [-0.15, -0.1) is 0 Å². The van der Waals surface area contributed by atoms with Gasteiger partial charge in [-0.1, -0.05) is 71.8 Å². The Hall–Kier alpha value is -5.75. The van der Waals surface area contributed by atoms with Crippen molar-refractivity contribution >= 4 is 73.0 Å². The topological polar surface area (TPSA) is 124 Å². The predicted molar refractivity (Wildman–Crippen MR) is 201 cm³/mol. The molecule has 1 heterocycles. The Bertz CT molecular complexity index is 2440. The van der Waals surface area contributed by atoms with Gasteiger partial charge in [0.1, 0.15) is 22.5 Å². The van der Waals surface area contributed by atoms with E-state index in [1.165, 1.54) is 66.7 Å². The minimum Gasteiger partial charge on any atom is -0.466 e. The summed E-state index contributed by atoms with van der Waals surface area (Å²) in [7, 11) is -3.80. The number of nitro groups is 1. The summed E-state index contributed by atoms with van der Waals surface area (Å²) in [6.07, 6.45) is 2.08. The van der Waals surface area contributed by atoms with Crippen molar-refractivity contribution in [3.05, 3.63) is 177 Å². The maximum Gasteiger partial charge on any atom is 0.330 e. The first-order valence-electron chi connectivity index (χ1n) is 15.9. The number of aryl methyl sites for hydroxylation is 1. The van der Waals surface area contributed by atoms with Crippen LogP contribution in [-0.4, -0.2) is 41.9 Å². The molecule has 5 aromatic rings.